The summed E-state index contributed by atoms with van der Waals surface area (Å²) in [4.78, 5) is 14.9. The number of ether oxygens (including phenoxy) is 1. The van der Waals surface area contributed by atoms with Gasteiger partial charge in [0.2, 0.25) is 0 Å². The minimum Gasteiger partial charge on any atom is -0.480 e. The van der Waals surface area contributed by atoms with Gasteiger partial charge >= 0.3 is 5.97 Å². The van der Waals surface area contributed by atoms with Crippen molar-refractivity contribution in [1.29, 1.82) is 0 Å². The Morgan fingerprint density at radius 1 is 1.50 bits per heavy atom. The van der Waals surface area contributed by atoms with Gasteiger partial charge in [-0.05, 0) is 6.92 Å². The van der Waals surface area contributed by atoms with Crippen molar-refractivity contribution in [2.24, 2.45) is 16.5 Å². The number of aliphatic imine (C=N–C) groups is 1. The molecule has 6 nitrogen and oxygen atoms in total. The van der Waals surface area contributed by atoms with Crippen LogP contribution in [0.2, 0.25) is 0 Å². The van der Waals surface area contributed by atoms with E-state index in [2.05, 4.69) is 4.99 Å². The number of nitrogens with zero attached hydrogens (tertiary/aromatic N) is 1. The van der Waals surface area contributed by atoms with Crippen LogP contribution >= 0.6 is 36.6 Å². The number of hydrogen-bond donors (Lipinski definition) is 3. The second kappa shape index (κ2) is 11.9. The van der Waals surface area contributed by atoms with Crippen molar-refractivity contribution in [2.45, 2.75) is 12.5 Å². The molecule has 0 unspecified atom stereocenters. The Morgan fingerprint density at radius 2 is 2.06 bits per heavy atom. The number of carbonyl (C=O) groups is 1. The average Bonchev–Trinajstić information content (AvgIpc) is 2.17. The zero-order chi connectivity index (χ0) is 12.6. The Balaban J connectivity index is -0.00000112. The van der Waals surface area contributed by atoms with Gasteiger partial charge in [0.1, 0.15) is 5.54 Å². The highest BCUT2D eigenvalue weighted by molar-refractivity contribution is 7.99. The van der Waals surface area contributed by atoms with E-state index in [1.165, 1.54) is 18.9 Å². The van der Waals surface area contributed by atoms with E-state index < -0.39 is 11.5 Å². The van der Waals surface area contributed by atoms with Crippen molar-refractivity contribution in [3.05, 3.63) is 0 Å². The van der Waals surface area contributed by atoms with E-state index in [0.717, 1.165) is 0 Å². The number of methoxy groups -OCH3 is 1. The first-order valence-corrected chi connectivity index (χ1v) is 5.93. The summed E-state index contributed by atoms with van der Waals surface area (Å²) in [5.41, 5.74) is 9.71. The maximum absolute atomic E-state index is 10.9. The normalized spacial score (nSPS) is 14.1. The van der Waals surface area contributed by atoms with E-state index in [9.17, 15) is 4.79 Å². The van der Waals surface area contributed by atoms with Crippen LogP contribution in [0.3, 0.4) is 0 Å². The Hall–Kier alpha value is -0.210. The number of carboxylic acid groups (broad SMARTS) is 1. The lowest BCUT2D eigenvalue weighted by Gasteiger charge is -2.22. The van der Waals surface area contributed by atoms with Crippen LogP contribution in [-0.4, -0.2) is 54.2 Å². The van der Waals surface area contributed by atoms with E-state index in [1.807, 2.05) is 0 Å². The molecule has 0 radical (unpaired) electrons. The predicted molar refractivity (Wildman–Crippen MR) is 80.4 cm³/mol. The quantitative estimate of drug-likeness (QED) is 0.338. The fourth-order valence-corrected chi connectivity index (χ4v) is 1.90. The molecule has 0 aliphatic rings. The van der Waals surface area contributed by atoms with Crippen LogP contribution in [0, 0.1) is 0 Å². The van der Waals surface area contributed by atoms with Gasteiger partial charge in [-0.2, -0.15) is 11.8 Å². The highest BCUT2D eigenvalue weighted by atomic mass is 35.5. The van der Waals surface area contributed by atoms with Crippen molar-refractivity contribution >= 4 is 48.4 Å². The van der Waals surface area contributed by atoms with E-state index in [1.54, 1.807) is 6.92 Å². The molecular formula is C9H21Cl2N3O3S. The molecule has 0 aromatic carbocycles. The summed E-state index contributed by atoms with van der Waals surface area (Å²) in [7, 11) is 1.43. The average molecular weight is 322 g/mol. The molecule has 0 aromatic heterocycles. The summed E-state index contributed by atoms with van der Waals surface area (Å²) in [6, 6.07) is 0. The van der Waals surface area contributed by atoms with Crippen molar-refractivity contribution < 1.29 is 14.6 Å². The minimum atomic E-state index is -1.33. The van der Waals surface area contributed by atoms with Crippen LogP contribution in [0.5, 0.6) is 0 Å². The number of amidine groups is 1. The molecule has 0 rings (SSSR count). The lowest BCUT2D eigenvalue weighted by molar-refractivity contribution is -0.144. The van der Waals surface area contributed by atoms with Crippen LogP contribution < -0.4 is 11.5 Å². The molecule has 0 heterocycles. The molecule has 9 heteroatoms. The lowest BCUT2D eigenvalue weighted by Crippen LogP contribution is -2.54. The molecule has 1 atom stereocenters. The van der Waals surface area contributed by atoms with Crippen LogP contribution in [0.1, 0.15) is 6.92 Å². The fraction of sp³-hybridized carbons (Fsp3) is 0.778. The summed E-state index contributed by atoms with van der Waals surface area (Å²) >= 11 is 1.42. The molecule has 0 aliphatic heterocycles. The van der Waals surface area contributed by atoms with Gasteiger partial charge in [-0.25, -0.2) is 0 Å². The van der Waals surface area contributed by atoms with Gasteiger partial charge in [-0.1, -0.05) is 0 Å². The van der Waals surface area contributed by atoms with Crippen LogP contribution in [0.4, 0.5) is 0 Å². The maximum atomic E-state index is 10.9. The number of thioether (sulfide) groups is 1. The van der Waals surface area contributed by atoms with Crippen LogP contribution in [0.25, 0.3) is 0 Å². The molecule has 5 N–H and O–H groups in total. The first kappa shape index (κ1) is 22.9. The van der Waals surface area contributed by atoms with Gasteiger partial charge in [-0.15, -0.1) is 24.8 Å². The molecule has 0 saturated heterocycles. The molecule has 0 fully saturated rings. The Bertz CT molecular complexity index is 265. The molecule has 110 valence electrons. The van der Waals surface area contributed by atoms with Crippen molar-refractivity contribution in [3.8, 4) is 0 Å². The molecule has 0 bridgehead atoms. The number of hydrogen-bond acceptors (Lipinski definition) is 5. The van der Waals surface area contributed by atoms with Gasteiger partial charge < -0.3 is 21.3 Å². The van der Waals surface area contributed by atoms with Gasteiger partial charge in [-0.3, -0.25) is 9.79 Å². The summed E-state index contributed by atoms with van der Waals surface area (Å²) in [5, 5.41) is 8.94. The second-order valence-electron chi connectivity index (χ2n) is 3.47. The SMILES string of the molecule is COC[C@](N)(CSCCN=C(C)N)C(=O)O.Cl.Cl. The maximum Gasteiger partial charge on any atom is 0.326 e. The lowest BCUT2D eigenvalue weighted by atomic mass is 10.1. The summed E-state index contributed by atoms with van der Waals surface area (Å²) in [6.07, 6.45) is 0. The zero-order valence-corrected chi connectivity index (χ0v) is 12.9. The van der Waals surface area contributed by atoms with Crippen LogP contribution in [-0.2, 0) is 9.53 Å². The first-order valence-electron chi connectivity index (χ1n) is 4.78. The predicted octanol–water partition coefficient (Wildman–Crippen LogP) is 0.369. The second-order valence-corrected chi connectivity index (χ2v) is 4.58. The topological polar surface area (TPSA) is 111 Å². The van der Waals surface area contributed by atoms with Gasteiger partial charge in [0.05, 0.1) is 12.4 Å². The third-order valence-corrected chi connectivity index (χ3v) is 2.97. The van der Waals surface area contributed by atoms with E-state index in [-0.39, 0.29) is 37.2 Å². The van der Waals surface area contributed by atoms with E-state index in [0.29, 0.717) is 18.1 Å². The highest BCUT2D eigenvalue weighted by Gasteiger charge is 2.33. The van der Waals surface area contributed by atoms with Gasteiger partial charge in [0.15, 0.2) is 0 Å². The molecule has 18 heavy (non-hydrogen) atoms. The molecular weight excluding hydrogens is 301 g/mol. The van der Waals surface area contributed by atoms with Gasteiger partial charge in [0, 0.05) is 25.2 Å². The zero-order valence-electron chi connectivity index (χ0n) is 10.4. The molecule has 0 aromatic rings. The molecule has 0 spiro atoms. The van der Waals surface area contributed by atoms with Crippen molar-refractivity contribution in [1.82, 2.24) is 0 Å². The van der Waals surface area contributed by atoms with E-state index >= 15 is 0 Å². The summed E-state index contributed by atoms with van der Waals surface area (Å²) < 4.78 is 4.80. The number of rotatable bonds is 8. The highest BCUT2D eigenvalue weighted by Crippen LogP contribution is 2.12. The largest absolute Gasteiger partial charge is 0.480 e. The van der Waals surface area contributed by atoms with Crippen molar-refractivity contribution in [2.75, 3.05) is 31.8 Å². The van der Waals surface area contributed by atoms with Crippen molar-refractivity contribution in [3.63, 3.8) is 0 Å². The monoisotopic (exact) mass is 321 g/mol. The fourth-order valence-electron chi connectivity index (χ4n) is 0.964. The summed E-state index contributed by atoms with van der Waals surface area (Å²) in [6.45, 7) is 2.27. The first-order chi connectivity index (χ1) is 7.42. The number of nitrogens with two attached hydrogens (primary N) is 2. The smallest absolute Gasteiger partial charge is 0.326 e. The Kier molecular flexibility index (Phi) is 15.1. The molecule has 0 aliphatic carbocycles. The number of carboxylic acids is 1. The summed E-state index contributed by atoms with van der Waals surface area (Å²) in [5.74, 6) is 0.440. The molecule has 0 amide bonds. The Morgan fingerprint density at radius 3 is 2.44 bits per heavy atom. The minimum absolute atomic E-state index is 0. The van der Waals surface area contributed by atoms with Crippen LogP contribution in [0.15, 0.2) is 4.99 Å². The number of aliphatic carboxylic acids is 1. The standard InChI is InChI=1S/C9H19N3O3S.2ClH/c1-7(10)12-3-4-16-6-9(11,5-15-2)8(13)14;;/h3-6,11H2,1-2H3,(H2,10,12)(H,13,14);2*1H/t9-;;/m0../s1. The third kappa shape index (κ3) is 9.78. The van der Waals surface area contributed by atoms with Gasteiger partial charge in [0.25, 0.3) is 0 Å². The Labute approximate surface area is 124 Å². The third-order valence-electron chi connectivity index (χ3n) is 1.78. The van der Waals surface area contributed by atoms with E-state index in [4.69, 9.17) is 21.3 Å². The molecule has 0 saturated carbocycles. The number of halogens is 2.